The molecule has 0 radical (unpaired) electrons. The van der Waals surface area contributed by atoms with E-state index in [0.717, 1.165) is 11.1 Å². The molecule has 1 heterocycles. The van der Waals surface area contributed by atoms with Crippen molar-refractivity contribution < 1.29 is 14.7 Å². The SMILES string of the molecule is Cc1ccccc1CNC(=O)CN1CCNC[C@@H](C(=O)O)C1. The Morgan fingerprint density at radius 3 is 2.91 bits per heavy atom. The van der Waals surface area contributed by atoms with Gasteiger partial charge >= 0.3 is 5.97 Å². The van der Waals surface area contributed by atoms with Crippen molar-refractivity contribution in [1.29, 1.82) is 0 Å². The molecule has 0 aromatic heterocycles. The smallest absolute Gasteiger partial charge is 0.309 e. The molecule has 1 aromatic carbocycles. The number of hydrogen-bond acceptors (Lipinski definition) is 4. The van der Waals surface area contributed by atoms with Gasteiger partial charge in [0.15, 0.2) is 0 Å². The van der Waals surface area contributed by atoms with Crippen LogP contribution in [-0.2, 0) is 16.1 Å². The van der Waals surface area contributed by atoms with Crippen molar-refractivity contribution in [1.82, 2.24) is 15.5 Å². The van der Waals surface area contributed by atoms with Crippen LogP contribution < -0.4 is 10.6 Å². The van der Waals surface area contributed by atoms with E-state index in [0.29, 0.717) is 32.7 Å². The molecule has 1 fully saturated rings. The average molecular weight is 305 g/mol. The maximum absolute atomic E-state index is 12.1. The largest absolute Gasteiger partial charge is 0.481 e. The molecular weight excluding hydrogens is 282 g/mol. The van der Waals surface area contributed by atoms with Crippen molar-refractivity contribution in [3.05, 3.63) is 35.4 Å². The van der Waals surface area contributed by atoms with Gasteiger partial charge in [-0.3, -0.25) is 14.5 Å². The molecule has 1 atom stereocenters. The number of hydrogen-bond donors (Lipinski definition) is 3. The Balaban J connectivity index is 1.83. The summed E-state index contributed by atoms with van der Waals surface area (Å²) in [5.74, 6) is -1.36. The van der Waals surface area contributed by atoms with E-state index < -0.39 is 11.9 Å². The average Bonchev–Trinajstić information content (AvgIpc) is 2.72. The number of carboxylic acids is 1. The number of nitrogens with one attached hydrogen (secondary N) is 2. The first-order valence-electron chi connectivity index (χ1n) is 7.53. The Kier molecular flexibility index (Phi) is 5.91. The molecule has 1 aliphatic heterocycles. The van der Waals surface area contributed by atoms with Crippen LogP contribution in [0.1, 0.15) is 11.1 Å². The van der Waals surface area contributed by atoms with Gasteiger partial charge in [0.1, 0.15) is 0 Å². The van der Waals surface area contributed by atoms with E-state index in [1.807, 2.05) is 36.1 Å². The number of carbonyl (C=O) groups excluding carboxylic acids is 1. The molecule has 0 spiro atoms. The molecule has 1 amide bonds. The second-order valence-corrected chi connectivity index (χ2v) is 5.68. The lowest BCUT2D eigenvalue weighted by molar-refractivity contribution is -0.142. The summed E-state index contributed by atoms with van der Waals surface area (Å²) in [6.07, 6.45) is 0. The number of aryl methyl sites for hydroxylation is 1. The summed E-state index contributed by atoms with van der Waals surface area (Å²) in [6, 6.07) is 7.93. The summed E-state index contributed by atoms with van der Waals surface area (Å²) < 4.78 is 0. The summed E-state index contributed by atoms with van der Waals surface area (Å²) in [7, 11) is 0. The van der Waals surface area contributed by atoms with Crippen LogP contribution in [0.2, 0.25) is 0 Å². The fraction of sp³-hybridized carbons (Fsp3) is 0.500. The zero-order valence-electron chi connectivity index (χ0n) is 12.8. The molecule has 6 nitrogen and oxygen atoms in total. The molecule has 0 unspecified atom stereocenters. The van der Waals surface area contributed by atoms with Gasteiger partial charge in [-0.05, 0) is 18.1 Å². The number of benzene rings is 1. The molecule has 1 aliphatic rings. The minimum absolute atomic E-state index is 0.0747. The number of rotatable bonds is 5. The van der Waals surface area contributed by atoms with E-state index in [1.54, 1.807) is 0 Å². The van der Waals surface area contributed by atoms with Gasteiger partial charge in [0, 0.05) is 32.7 Å². The minimum Gasteiger partial charge on any atom is -0.481 e. The van der Waals surface area contributed by atoms with Gasteiger partial charge in [0.2, 0.25) is 5.91 Å². The first kappa shape index (κ1) is 16.5. The zero-order valence-corrected chi connectivity index (χ0v) is 12.8. The highest BCUT2D eigenvalue weighted by molar-refractivity contribution is 5.78. The van der Waals surface area contributed by atoms with E-state index in [4.69, 9.17) is 5.11 Å². The van der Waals surface area contributed by atoms with Crippen LogP contribution in [0.3, 0.4) is 0 Å². The maximum Gasteiger partial charge on any atom is 0.309 e. The first-order valence-corrected chi connectivity index (χ1v) is 7.53. The van der Waals surface area contributed by atoms with Crippen molar-refractivity contribution >= 4 is 11.9 Å². The third kappa shape index (κ3) is 4.82. The van der Waals surface area contributed by atoms with Crippen molar-refractivity contribution in [2.24, 2.45) is 5.92 Å². The number of aliphatic carboxylic acids is 1. The van der Waals surface area contributed by atoms with Crippen molar-refractivity contribution in [3.63, 3.8) is 0 Å². The molecule has 22 heavy (non-hydrogen) atoms. The Morgan fingerprint density at radius 1 is 1.41 bits per heavy atom. The van der Waals surface area contributed by atoms with E-state index in [2.05, 4.69) is 10.6 Å². The third-order valence-electron chi connectivity index (χ3n) is 3.93. The van der Waals surface area contributed by atoms with Gasteiger partial charge in [-0.2, -0.15) is 0 Å². The monoisotopic (exact) mass is 305 g/mol. The molecule has 120 valence electrons. The van der Waals surface area contributed by atoms with Gasteiger partial charge in [0.25, 0.3) is 0 Å². The molecule has 0 saturated carbocycles. The Morgan fingerprint density at radius 2 is 2.18 bits per heavy atom. The maximum atomic E-state index is 12.1. The van der Waals surface area contributed by atoms with Gasteiger partial charge < -0.3 is 15.7 Å². The van der Waals surface area contributed by atoms with Gasteiger partial charge in [0.05, 0.1) is 12.5 Å². The highest BCUT2D eigenvalue weighted by atomic mass is 16.4. The van der Waals surface area contributed by atoms with Crippen LogP contribution >= 0.6 is 0 Å². The molecular formula is C16H23N3O3. The van der Waals surface area contributed by atoms with E-state index >= 15 is 0 Å². The summed E-state index contributed by atoms with van der Waals surface area (Å²) in [5.41, 5.74) is 2.24. The summed E-state index contributed by atoms with van der Waals surface area (Å²) in [4.78, 5) is 25.1. The number of carboxylic acid groups (broad SMARTS) is 1. The first-order chi connectivity index (χ1) is 10.6. The quantitative estimate of drug-likeness (QED) is 0.725. The van der Waals surface area contributed by atoms with Gasteiger partial charge in [-0.15, -0.1) is 0 Å². The van der Waals surface area contributed by atoms with Crippen LogP contribution in [0, 0.1) is 12.8 Å². The highest BCUT2D eigenvalue weighted by Crippen LogP contribution is 2.07. The van der Waals surface area contributed by atoms with E-state index in [-0.39, 0.29) is 12.5 Å². The predicted octanol–water partition coefficient (Wildman–Crippen LogP) is 0.217. The van der Waals surface area contributed by atoms with Crippen LogP contribution in [0.15, 0.2) is 24.3 Å². The Bertz CT molecular complexity index is 533. The summed E-state index contributed by atoms with van der Waals surface area (Å²) >= 11 is 0. The normalized spacial score (nSPS) is 19.4. The molecule has 1 saturated heterocycles. The standard InChI is InChI=1S/C16H23N3O3/c1-12-4-2-3-5-13(12)9-18-15(20)11-19-7-6-17-8-14(10-19)16(21)22/h2-5,14,17H,6-11H2,1H3,(H,18,20)(H,21,22)/t14-/m1/s1. The number of amides is 1. The number of nitrogens with zero attached hydrogens (tertiary/aromatic N) is 1. The predicted molar refractivity (Wildman–Crippen MR) is 83.5 cm³/mol. The fourth-order valence-electron chi connectivity index (χ4n) is 2.55. The van der Waals surface area contributed by atoms with Crippen molar-refractivity contribution in [2.75, 3.05) is 32.7 Å². The Labute approximate surface area is 130 Å². The fourth-order valence-corrected chi connectivity index (χ4v) is 2.55. The third-order valence-corrected chi connectivity index (χ3v) is 3.93. The summed E-state index contributed by atoms with van der Waals surface area (Å²) in [5, 5.41) is 15.1. The van der Waals surface area contributed by atoms with E-state index in [1.165, 1.54) is 0 Å². The van der Waals surface area contributed by atoms with E-state index in [9.17, 15) is 9.59 Å². The van der Waals surface area contributed by atoms with Crippen LogP contribution in [-0.4, -0.2) is 54.6 Å². The molecule has 6 heteroatoms. The van der Waals surface area contributed by atoms with Crippen LogP contribution in [0.4, 0.5) is 0 Å². The number of carbonyl (C=O) groups is 2. The van der Waals surface area contributed by atoms with Crippen molar-refractivity contribution in [2.45, 2.75) is 13.5 Å². The van der Waals surface area contributed by atoms with Crippen LogP contribution in [0.25, 0.3) is 0 Å². The lowest BCUT2D eigenvalue weighted by Gasteiger charge is -2.21. The lowest BCUT2D eigenvalue weighted by atomic mass is 10.1. The lowest BCUT2D eigenvalue weighted by Crippen LogP contribution is -2.41. The minimum atomic E-state index is -0.820. The highest BCUT2D eigenvalue weighted by Gasteiger charge is 2.24. The van der Waals surface area contributed by atoms with Gasteiger partial charge in [-0.1, -0.05) is 24.3 Å². The molecule has 3 N–H and O–H groups in total. The Hall–Kier alpha value is -1.92. The molecule has 0 bridgehead atoms. The second kappa shape index (κ2) is 7.91. The molecule has 1 aromatic rings. The molecule has 0 aliphatic carbocycles. The summed E-state index contributed by atoms with van der Waals surface area (Å²) in [6.45, 7) is 4.99. The second-order valence-electron chi connectivity index (χ2n) is 5.68. The zero-order chi connectivity index (χ0) is 15.9. The molecule has 2 rings (SSSR count). The van der Waals surface area contributed by atoms with Crippen LogP contribution in [0.5, 0.6) is 0 Å². The van der Waals surface area contributed by atoms with Gasteiger partial charge in [-0.25, -0.2) is 0 Å². The van der Waals surface area contributed by atoms with Crippen molar-refractivity contribution in [3.8, 4) is 0 Å². The topological polar surface area (TPSA) is 81.7 Å².